The van der Waals surface area contributed by atoms with E-state index in [1.807, 2.05) is 0 Å². The van der Waals surface area contributed by atoms with E-state index in [4.69, 9.17) is 10.5 Å². The lowest BCUT2D eigenvalue weighted by Gasteiger charge is -1.91. The number of halogens is 4. The van der Waals surface area contributed by atoms with Gasteiger partial charge in [0.2, 0.25) is 5.39 Å². The van der Waals surface area contributed by atoms with Crippen molar-refractivity contribution in [3.63, 3.8) is 0 Å². The van der Waals surface area contributed by atoms with Crippen molar-refractivity contribution in [3.8, 4) is 0 Å². The minimum atomic E-state index is -4.93. The summed E-state index contributed by atoms with van der Waals surface area (Å²) in [4.78, 5) is 1.73. The summed E-state index contributed by atoms with van der Waals surface area (Å²) < 4.78 is 34.2. The van der Waals surface area contributed by atoms with Crippen molar-refractivity contribution >= 4 is 11.6 Å². The number of diazo groups is 1. The summed E-state index contributed by atoms with van der Waals surface area (Å²) in [6.45, 7) is 0. The molecule has 0 aromatic carbocycles. The highest BCUT2D eigenvalue weighted by molar-refractivity contribution is 6.28. The zero-order valence-corrected chi connectivity index (χ0v) is 5.11. The lowest BCUT2D eigenvalue weighted by Crippen LogP contribution is -2.10. The van der Waals surface area contributed by atoms with Gasteiger partial charge in [0.25, 0.3) is 5.22 Å². The first-order valence-corrected chi connectivity index (χ1v) is 2.28. The molecule has 0 atom stereocenters. The highest BCUT2D eigenvalue weighted by Gasteiger charge is 2.49. The maximum absolute atomic E-state index is 11.4. The maximum Gasteiger partial charge on any atom is 0.518 e. The monoisotopic (exact) mass is 173 g/mol. The molecule has 0 saturated heterocycles. The standard InChI is InChI=1S/C3ClF3N2O/c4-2(10)1(9-8)3(5,6)7/p+1/b2-1-. The average molecular weight is 174 g/mol. The van der Waals surface area contributed by atoms with E-state index in [2.05, 4.69) is 11.6 Å². The fraction of sp³-hybridized carbons (Fsp3) is 0.333. The third-order valence-corrected chi connectivity index (χ3v) is 0.743. The largest absolute Gasteiger partial charge is 0.518 e. The quantitative estimate of drug-likeness (QED) is 0.452. The SMILES string of the molecule is N#[N+]/C(=C(\O)Cl)C(F)(F)F. The normalized spacial score (nSPS) is 13.9. The van der Waals surface area contributed by atoms with Gasteiger partial charge in [-0.3, -0.25) is 0 Å². The molecule has 0 aromatic heterocycles. The number of aliphatic hydroxyl groups excluding tert-OH is 1. The van der Waals surface area contributed by atoms with Gasteiger partial charge in [0.05, 0.1) is 0 Å². The summed E-state index contributed by atoms with van der Waals surface area (Å²) in [6, 6.07) is 0. The van der Waals surface area contributed by atoms with Gasteiger partial charge in [-0.15, -0.1) is 0 Å². The van der Waals surface area contributed by atoms with Crippen molar-refractivity contribution in [2.75, 3.05) is 0 Å². The van der Waals surface area contributed by atoms with E-state index in [0.29, 0.717) is 0 Å². The van der Waals surface area contributed by atoms with Crippen LogP contribution in [-0.2, 0) is 0 Å². The molecule has 10 heavy (non-hydrogen) atoms. The van der Waals surface area contributed by atoms with Gasteiger partial charge in [-0.1, -0.05) is 0 Å². The first-order valence-electron chi connectivity index (χ1n) is 1.90. The van der Waals surface area contributed by atoms with Crippen LogP contribution in [0.5, 0.6) is 0 Å². The fourth-order valence-electron chi connectivity index (χ4n) is 0.215. The van der Waals surface area contributed by atoms with Crippen LogP contribution >= 0.6 is 11.6 Å². The van der Waals surface area contributed by atoms with E-state index in [1.165, 1.54) is 0 Å². The van der Waals surface area contributed by atoms with E-state index in [1.54, 1.807) is 4.98 Å². The predicted octanol–water partition coefficient (Wildman–Crippen LogP) is 2.37. The van der Waals surface area contributed by atoms with Gasteiger partial charge in [0, 0.05) is 0 Å². The highest BCUT2D eigenvalue weighted by atomic mass is 35.5. The Balaban J connectivity index is 4.78. The van der Waals surface area contributed by atoms with Crippen molar-refractivity contribution in [3.05, 3.63) is 15.9 Å². The number of alkyl halides is 3. The molecule has 7 heteroatoms. The number of hydrogen-bond acceptors (Lipinski definition) is 2. The Morgan fingerprint density at radius 2 is 1.90 bits per heavy atom. The molecule has 0 aliphatic carbocycles. The molecule has 0 bridgehead atoms. The minimum absolute atomic E-state index is 1.59. The molecular formula is C3HClF3N2O+. The summed E-state index contributed by atoms with van der Waals surface area (Å²) in [6.07, 6.45) is -4.93. The second kappa shape index (κ2) is 2.75. The smallest absolute Gasteiger partial charge is 0.493 e. The second-order valence-corrected chi connectivity index (χ2v) is 1.60. The molecule has 3 nitrogen and oxygen atoms in total. The molecule has 0 unspecified atom stereocenters. The van der Waals surface area contributed by atoms with Crippen LogP contribution in [-0.4, -0.2) is 11.3 Å². The van der Waals surface area contributed by atoms with E-state index in [-0.39, 0.29) is 0 Å². The Morgan fingerprint density at radius 1 is 1.50 bits per heavy atom. The number of hydrogen-bond donors (Lipinski definition) is 1. The van der Waals surface area contributed by atoms with Crippen LogP contribution in [0.25, 0.3) is 4.98 Å². The summed E-state index contributed by atoms with van der Waals surface area (Å²) >= 11 is 4.49. The summed E-state index contributed by atoms with van der Waals surface area (Å²) in [5.74, 6) is 0. The third kappa shape index (κ3) is 2.11. The molecule has 0 aliphatic heterocycles. The fourth-order valence-corrected chi connectivity index (χ4v) is 0.360. The minimum Gasteiger partial charge on any atom is -0.493 e. The zero-order chi connectivity index (χ0) is 8.36. The van der Waals surface area contributed by atoms with Gasteiger partial charge in [0.1, 0.15) is 0 Å². The summed E-state index contributed by atoms with van der Waals surface area (Å²) in [5, 5.41) is 14.1. The van der Waals surface area contributed by atoms with Crippen LogP contribution in [0, 0.1) is 5.39 Å². The summed E-state index contributed by atoms with van der Waals surface area (Å²) in [5.41, 5.74) is -1.91. The number of allylic oxidation sites excluding steroid dienone is 1. The summed E-state index contributed by atoms with van der Waals surface area (Å²) in [7, 11) is 0. The van der Waals surface area contributed by atoms with Crippen LogP contribution in [0.2, 0.25) is 0 Å². The van der Waals surface area contributed by atoms with Gasteiger partial charge >= 0.3 is 11.9 Å². The average Bonchev–Trinajstić information content (AvgIpc) is 1.60. The Hall–Kier alpha value is -0.960. The van der Waals surface area contributed by atoms with Gasteiger partial charge in [-0.2, -0.15) is 13.2 Å². The number of nitrogens with zero attached hydrogens (tertiary/aromatic N) is 2. The number of rotatable bonds is 0. The Labute approximate surface area is 58.3 Å². The Bertz CT molecular complexity index is 199. The molecule has 0 aliphatic rings. The first-order chi connectivity index (χ1) is 4.39. The third-order valence-electron chi connectivity index (χ3n) is 0.564. The first kappa shape index (κ1) is 9.04. The molecule has 0 fully saturated rings. The lowest BCUT2D eigenvalue weighted by molar-refractivity contribution is -0.0905. The lowest BCUT2D eigenvalue weighted by atomic mass is 10.5. The van der Waals surface area contributed by atoms with E-state index in [0.717, 1.165) is 0 Å². The molecule has 0 rings (SSSR count). The van der Waals surface area contributed by atoms with Gasteiger partial charge in [-0.25, -0.2) is 0 Å². The van der Waals surface area contributed by atoms with Crippen LogP contribution in [0.15, 0.2) is 10.9 Å². The molecule has 0 saturated carbocycles. The van der Waals surface area contributed by atoms with E-state index < -0.39 is 17.1 Å². The van der Waals surface area contributed by atoms with Crippen LogP contribution in [0.4, 0.5) is 13.2 Å². The van der Waals surface area contributed by atoms with Crippen LogP contribution in [0.1, 0.15) is 0 Å². The molecule has 0 aromatic rings. The zero-order valence-electron chi connectivity index (χ0n) is 4.35. The second-order valence-electron chi connectivity index (χ2n) is 1.24. The Kier molecular flexibility index (Phi) is 2.48. The van der Waals surface area contributed by atoms with E-state index in [9.17, 15) is 13.2 Å². The van der Waals surface area contributed by atoms with Crippen molar-refractivity contribution < 1.29 is 18.3 Å². The molecular weight excluding hydrogens is 172 g/mol. The predicted molar refractivity (Wildman–Crippen MR) is 26.6 cm³/mol. The van der Waals surface area contributed by atoms with Gasteiger partial charge < -0.3 is 5.11 Å². The molecule has 0 amide bonds. The van der Waals surface area contributed by atoms with Crippen LogP contribution < -0.4 is 0 Å². The highest BCUT2D eigenvalue weighted by Crippen LogP contribution is 2.29. The Morgan fingerprint density at radius 3 is 1.90 bits per heavy atom. The van der Waals surface area contributed by atoms with Crippen molar-refractivity contribution in [1.29, 1.82) is 5.39 Å². The molecule has 1 N–H and O–H groups in total. The number of aliphatic hydroxyl groups is 1. The van der Waals surface area contributed by atoms with Gasteiger partial charge in [0.15, 0.2) is 4.98 Å². The molecule has 0 radical (unpaired) electrons. The van der Waals surface area contributed by atoms with Crippen molar-refractivity contribution in [2.45, 2.75) is 6.18 Å². The molecule has 0 spiro atoms. The van der Waals surface area contributed by atoms with Crippen LogP contribution in [0.3, 0.4) is 0 Å². The van der Waals surface area contributed by atoms with Crippen molar-refractivity contribution in [2.24, 2.45) is 0 Å². The maximum atomic E-state index is 11.4. The topological polar surface area (TPSA) is 48.4 Å². The van der Waals surface area contributed by atoms with E-state index >= 15 is 0 Å². The molecule has 56 valence electrons. The van der Waals surface area contributed by atoms with Gasteiger partial charge in [-0.05, 0) is 11.6 Å². The molecule has 0 heterocycles. The van der Waals surface area contributed by atoms with Crippen molar-refractivity contribution in [1.82, 2.24) is 0 Å².